The van der Waals surface area contributed by atoms with E-state index in [-0.39, 0.29) is 0 Å². The first-order chi connectivity index (χ1) is 8.31. The van der Waals surface area contributed by atoms with Crippen LogP contribution in [-0.4, -0.2) is 47.2 Å². The number of aromatic nitrogens is 3. The van der Waals surface area contributed by atoms with E-state index in [1.54, 1.807) is 14.2 Å². The molecular weight excluding hydrogens is 220 g/mol. The Morgan fingerprint density at radius 3 is 2.41 bits per heavy atom. The van der Waals surface area contributed by atoms with E-state index in [0.717, 1.165) is 13.1 Å². The molecule has 0 unspecified atom stereocenters. The highest BCUT2D eigenvalue weighted by Crippen LogP contribution is 2.13. The summed E-state index contributed by atoms with van der Waals surface area (Å²) in [6.07, 6.45) is 3.70. The van der Waals surface area contributed by atoms with Gasteiger partial charge < -0.3 is 10.1 Å². The molecule has 17 heavy (non-hydrogen) atoms. The summed E-state index contributed by atoms with van der Waals surface area (Å²) in [7, 11) is 3.30. The fourth-order valence-corrected chi connectivity index (χ4v) is 1.76. The number of hydrogen-bond donors (Lipinski definition) is 2. The molecule has 2 heterocycles. The molecule has 1 aliphatic rings. The molecule has 1 fully saturated rings. The monoisotopic (exact) mass is 238 g/mol. The predicted octanol–water partition coefficient (Wildman–Crippen LogP) is 0.735. The van der Waals surface area contributed by atoms with E-state index in [4.69, 9.17) is 4.74 Å². The van der Waals surface area contributed by atoms with Crippen molar-refractivity contribution >= 4 is 11.9 Å². The average Bonchev–Trinajstić information content (AvgIpc) is 2.39. The number of rotatable bonds is 4. The Morgan fingerprint density at radius 2 is 1.76 bits per heavy atom. The molecule has 1 aromatic rings. The van der Waals surface area contributed by atoms with Crippen molar-refractivity contribution in [3.8, 4) is 6.01 Å². The van der Waals surface area contributed by atoms with Crippen LogP contribution < -0.4 is 15.5 Å². The van der Waals surface area contributed by atoms with Crippen molar-refractivity contribution in [2.45, 2.75) is 19.3 Å². The molecule has 0 bridgehead atoms. The minimum absolute atomic E-state index is 0.309. The molecule has 0 atom stereocenters. The molecule has 0 saturated carbocycles. The van der Waals surface area contributed by atoms with Crippen LogP contribution in [0.5, 0.6) is 6.01 Å². The van der Waals surface area contributed by atoms with E-state index >= 15 is 0 Å². The molecule has 2 N–H and O–H groups in total. The first-order valence-corrected chi connectivity index (χ1v) is 5.81. The molecule has 7 heteroatoms. The van der Waals surface area contributed by atoms with Crippen LogP contribution in [0.2, 0.25) is 0 Å². The number of hydrazine groups is 1. The zero-order valence-corrected chi connectivity index (χ0v) is 10.2. The number of anilines is 2. The fourth-order valence-electron chi connectivity index (χ4n) is 1.76. The van der Waals surface area contributed by atoms with Gasteiger partial charge in [0.05, 0.1) is 7.11 Å². The minimum atomic E-state index is 0.309. The van der Waals surface area contributed by atoms with Gasteiger partial charge in [-0.1, -0.05) is 6.42 Å². The normalized spacial score (nSPS) is 16.6. The molecule has 1 aliphatic heterocycles. The van der Waals surface area contributed by atoms with Crippen molar-refractivity contribution < 1.29 is 4.74 Å². The fraction of sp³-hybridized carbons (Fsp3) is 0.700. The lowest BCUT2D eigenvalue weighted by Gasteiger charge is -2.26. The number of piperidine rings is 1. The largest absolute Gasteiger partial charge is 0.467 e. The van der Waals surface area contributed by atoms with Crippen molar-refractivity contribution in [3.63, 3.8) is 0 Å². The van der Waals surface area contributed by atoms with Crippen LogP contribution in [0.25, 0.3) is 0 Å². The number of hydrogen-bond acceptors (Lipinski definition) is 7. The first-order valence-electron chi connectivity index (χ1n) is 5.81. The van der Waals surface area contributed by atoms with Crippen molar-refractivity contribution in [1.82, 2.24) is 20.0 Å². The molecule has 94 valence electrons. The second kappa shape index (κ2) is 5.62. The molecular formula is C10H18N6O. The zero-order chi connectivity index (χ0) is 12.1. The Balaban J connectivity index is 2.07. The van der Waals surface area contributed by atoms with E-state index in [1.807, 2.05) is 0 Å². The smallest absolute Gasteiger partial charge is 0.322 e. The molecule has 7 nitrogen and oxygen atoms in total. The third-order valence-electron chi connectivity index (χ3n) is 2.64. The maximum atomic E-state index is 5.03. The lowest BCUT2D eigenvalue weighted by Crippen LogP contribution is -2.35. The number of ether oxygens (including phenoxy) is 1. The zero-order valence-electron chi connectivity index (χ0n) is 10.2. The maximum Gasteiger partial charge on any atom is 0.322 e. The third kappa shape index (κ3) is 3.16. The Bertz CT molecular complexity index is 344. The van der Waals surface area contributed by atoms with Crippen molar-refractivity contribution in [3.05, 3.63) is 0 Å². The van der Waals surface area contributed by atoms with Crippen LogP contribution in [0.15, 0.2) is 0 Å². The first kappa shape index (κ1) is 11.8. The molecule has 0 aliphatic carbocycles. The standard InChI is InChI=1S/C10H18N6O/c1-11-8-12-9(14-10(13-8)17-2)15-16-6-4-3-5-7-16/h3-7H2,1-2H3,(H2,11,12,13,14,15). The summed E-state index contributed by atoms with van der Waals surface area (Å²) in [6, 6.07) is 0.309. The summed E-state index contributed by atoms with van der Waals surface area (Å²) < 4.78 is 5.03. The van der Waals surface area contributed by atoms with E-state index in [9.17, 15) is 0 Å². The lowest BCUT2D eigenvalue weighted by molar-refractivity contribution is 0.270. The van der Waals surface area contributed by atoms with Crippen LogP contribution >= 0.6 is 0 Å². The van der Waals surface area contributed by atoms with E-state index < -0.39 is 0 Å². The molecule has 0 spiro atoms. The Morgan fingerprint density at radius 1 is 1.06 bits per heavy atom. The van der Waals surface area contributed by atoms with Gasteiger partial charge in [-0.2, -0.15) is 15.0 Å². The van der Waals surface area contributed by atoms with E-state index in [2.05, 4.69) is 30.7 Å². The van der Waals surface area contributed by atoms with Crippen molar-refractivity contribution in [2.75, 3.05) is 38.0 Å². The second-order valence-corrected chi connectivity index (χ2v) is 3.88. The van der Waals surface area contributed by atoms with Gasteiger partial charge in [-0.05, 0) is 12.8 Å². The highest BCUT2D eigenvalue weighted by atomic mass is 16.5. The number of nitrogens with zero attached hydrogens (tertiary/aromatic N) is 4. The van der Waals surface area contributed by atoms with Gasteiger partial charge in [-0.3, -0.25) is 5.43 Å². The van der Waals surface area contributed by atoms with Gasteiger partial charge in [-0.25, -0.2) is 5.01 Å². The highest BCUT2D eigenvalue weighted by molar-refractivity contribution is 5.34. The van der Waals surface area contributed by atoms with Gasteiger partial charge in [0.2, 0.25) is 11.9 Å². The highest BCUT2D eigenvalue weighted by Gasteiger charge is 2.12. The lowest BCUT2D eigenvalue weighted by atomic mass is 10.2. The Hall–Kier alpha value is -1.63. The van der Waals surface area contributed by atoms with E-state index in [1.165, 1.54) is 19.3 Å². The summed E-state index contributed by atoms with van der Waals surface area (Å²) in [6.45, 7) is 2.03. The van der Waals surface area contributed by atoms with Crippen LogP contribution in [0, 0.1) is 0 Å². The number of methoxy groups -OCH3 is 1. The van der Waals surface area contributed by atoms with Crippen LogP contribution in [0.4, 0.5) is 11.9 Å². The van der Waals surface area contributed by atoms with Gasteiger partial charge in [0.15, 0.2) is 0 Å². The predicted molar refractivity (Wildman–Crippen MR) is 65.0 cm³/mol. The van der Waals surface area contributed by atoms with Crippen molar-refractivity contribution in [2.24, 2.45) is 0 Å². The topological polar surface area (TPSA) is 75.2 Å². The summed E-state index contributed by atoms with van der Waals surface area (Å²) in [5.41, 5.74) is 3.18. The van der Waals surface area contributed by atoms with Crippen molar-refractivity contribution in [1.29, 1.82) is 0 Å². The molecule has 0 radical (unpaired) electrons. The third-order valence-corrected chi connectivity index (χ3v) is 2.64. The molecule has 2 rings (SSSR count). The summed E-state index contributed by atoms with van der Waals surface area (Å²) in [5.74, 6) is 1.01. The molecule has 1 saturated heterocycles. The molecule has 0 aromatic carbocycles. The van der Waals surface area contributed by atoms with Gasteiger partial charge in [0.25, 0.3) is 0 Å². The van der Waals surface area contributed by atoms with Gasteiger partial charge in [0, 0.05) is 20.1 Å². The molecule has 1 aromatic heterocycles. The van der Waals surface area contributed by atoms with E-state index in [0.29, 0.717) is 17.9 Å². The van der Waals surface area contributed by atoms with Crippen LogP contribution in [0.3, 0.4) is 0 Å². The quantitative estimate of drug-likeness (QED) is 0.801. The maximum absolute atomic E-state index is 5.03. The number of nitrogens with one attached hydrogen (secondary N) is 2. The van der Waals surface area contributed by atoms with Gasteiger partial charge in [0.1, 0.15) is 0 Å². The van der Waals surface area contributed by atoms with Gasteiger partial charge >= 0.3 is 6.01 Å². The van der Waals surface area contributed by atoms with Crippen LogP contribution in [-0.2, 0) is 0 Å². The molecule has 0 amide bonds. The van der Waals surface area contributed by atoms with Gasteiger partial charge in [-0.15, -0.1) is 0 Å². The summed E-state index contributed by atoms with van der Waals surface area (Å²) in [4.78, 5) is 12.4. The SMILES string of the molecule is CNc1nc(NN2CCCCC2)nc(OC)n1. The summed E-state index contributed by atoms with van der Waals surface area (Å²) >= 11 is 0. The Labute approximate surface area is 101 Å². The van der Waals surface area contributed by atoms with Crippen LogP contribution in [0.1, 0.15) is 19.3 Å². The Kier molecular flexibility index (Phi) is 3.92. The minimum Gasteiger partial charge on any atom is -0.467 e. The summed E-state index contributed by atoms with van der Waals surface area (Å²) in [5, 5.41) is 5.00. The average molecular weight is 238 g/mol. The second-order valence-electron chi connectivity index (χ2n) is 3.88.